The van der Waals surface area contributed by atoms with Crippen LogP contribution >= 0.6 is 0 Å². The summed E-state index contributed by atoms with van der Waals surface area (Å²) in [7, 11) is 0. The fourth-order valence-corrected chi connectivity index (χ4v) is 1.57. The fourth-order valence-electron chi connectivity index (χ4n) is 1.57. The van der Waals surface area contributed by atoms with E-state index in [2.05, 4.69) is 39.8 Å². The molecular formula is C12H17N. The van der Waals surface area contributed by atoms with E-state index in [1.807, 2.05) is 6.08 Å². The summed E-state index contributed by atoms with van der Waals surface area (Å²) in [6.45, 7) is 8.78. The van der Waals surface area contributed by atoms with Crippen LogP contribution in [0.15, 0.2) is 23.3 Å². The van der Waals surface area contributed by atoms with Gasteiger partial charge in [-0.25, -0.2) is 0 Å². The van der Waals surface area contributed by atoms with E-state index < -0.39 is 0 Å². The Morgan fingerprint density at radius 2 is 2.00 bits per heavy atom. The molecule has 13 heavy (non-hydrogen) atoms. The van der Waals surface area contributed by atoms with Crippen molar-refractivity contribution >= 4 is 0 Å². The van der Waals surface area contributed by atoms with E-state index in [0.29, 0.717) is 5.92 Å². The maximum atomic E-state index is 8.80. The number of hydrogen-bond acceptors (Lipinski definition) is 1. The third-order valence-corrected chi connectivity index (χ3v) is 2.61. The van der Waals surface area contributed by atoms with Crippen LogP contribution in [0, 0.1) is 22.7 Å². The first-order valence-corrected chi connectivity index (χ1v) is 4.76. The Labute approximate surface area is 80.8 Å². The van der Waals surface area contributed by atoms with Gasteiger partial charge in [-0.2, -0.15) is 5.26 Å². The quantitative estimate of drug-likeness (QED) is 0.553. The molecule has 0 bridgehead atoms. The summed E-state index contributed by atoms with van der Waals surface area (Å²) in [6, 6.07) is 2.24. The van der Waals surface area contributed by atoms with E-state index >= 15 is 0 Å². The topological polar surface area (TPSA) is 23.8 Å². The van der Waals surface area contributed by atoms with Crippen LogP contribution in [0.3, 0.4) is 0 Å². The second-order valence-corrected chi connectivity index (χ2v) is 4.78. The van der Waals surface area contributed by atoms with E-state index in [4.69, 9.17) is 5.26 Å². The minimum Gasteiger partial charge on any atom is -0.193 e. The standard InChI is InChI=1S/C12H17N/c1-9-7-11(12(2,3)4)6-5-10(9)8-13/h5-6,9H,7H2,1-4H3. The Morgan fingerprint density at radius 3 is 2.38 bits per heavy atom. The first kappa shape index (κ1) is 10.1. The van der Waals surface area contributed by atoms with Gasteiger partial charge in [-0.05, 0) is 23.8 Å². The Hall–Kier alpha value is -1.03. The van der Waals surface area contributed by atoms with Crippen molar-refractivity contribution in [2.75, 3.05) is 0 Å². The van der Waals surface area contributed by atoms with Crippen LogP contribution < -0.4 is 0 Å². The maximum absolute atomic E-state index is 8.80. The fraction of sp³-hybridized carbons (Fsp3) is 0.583. The zero-order valence-electron chi connectivity index (χ0n) is 8.89. The number of nitrogens with zero attached hydrogens (tertiary/aromatic N) is 1. The molecule has 1 heteroatoms. The highest BCUT2D eigenvalue weighted by atomic mass is 14.3. The van der Waals surface area contributed by atoms with Crippen LogP contribution in [0.4, 0.5) is 0 Å². The largest absolute Gasteiger partial charge is 0.193 e. The highest BCUT2D eigenvalue weighted by Gasteiger charge is 2.22. The smallest absolute Gasteiger partial charge is 0.0950 e. The van der Waals surface area contributed by atoms with Crippen molar-refractivity contribution in [1.29, 1.82) is 5.26 Å². The maximum Gasteiger partial charge on any atom is 0.0950 e. The first-order valence-electron chi connectivity index (χ1n) is 4.76. The van der Waals surface area contributed by atoms with Gasteiger partial charge in [0, 0.05) is 5.57 Å². The second kappa shape index (κ2) is 3.38. The summed E-state index contributed by atoms with van der Waals surface area (Å²) in [5.74, 6) is 0.393. The van der Waals surface area contributed by atoms with Crippen LogP contribution in [0.25, 0.3) is 0 Å². The summed E-state index contributed by atoms with van der Waals surface area (Å²) in [6.07, 6.45) is 5.11. The summed E-state index contributed by atoms with van der Waals surface area (Å²) in [5.41, 5.74) is 2.60. The molecule has 0 spiro atoms. The van der Waals surface area contributed by atoms with Gasteiger partial charge in [-0.15, -0.1) is 0 Å². The molecule has 0 amide bonds. The van der Waals surface area contributed by atoms with Crippen molar-refractivity contribution in [3.63, 3.8) is 0 Å². The number of rotatable bonds is 0. The number of nitriles is 1. The SMILES string of the molecule is CC1CC(C(C)(C)C)=CC=C1C#N. The molecule has 1 unspecified atom stereocenters. The molecule has 1 atom stereocenters. The van der Waals surface area contributed by atoms with Crippen LogP contribution in [0.2, 0.25) is 0 Å². The van der Waals surface area contributed by atoms with Gasteiger partial charge in [-0.1, -0.05) is 39.3 Å². The van der Waals surface area contributed by atoms with E-state index in [9.17, 15) is 0 Å². The molecule has 0 radical (unpaired) electrons. The minimum atomic E-state index is 0.242. The molecule has 0 N–H and O–H groups in total. The number of allylic oxidation sites excluding steroid dienone is 4. The van der Waals surface area contributed by atoms with Gasteiger partial charge in [0.25, 0.3) is 0 Å². The lowest BCUT2D eigenvalue weighted by Gasteiger charge is -2.27. The molecule has 0 aromatic heterocycles. The van der Waals surface area contributed by atoms with E-state index in [0.717, 1.165) is 12.0 Å². The normalized spacial score (nSPS) is 23.2. The minimum absolute atomic E-state index is 0.242. The average molecular weight is 175 g/mol. The van der Waals surface area contributed by atoms with Crippen molar-refractivity contribution in [1.82, 2.24) is 0 Å². The zero-order valence-corrected chi connectivity index (χ0v) is 8.89. The van der Waals surface area contributed by atoms with Gasteiger partial charge in [0.2, 0.25) is 0 Å². The summed E-state index contributed by atoms with van der Waals surface area (Å²) < 4.78 is 0. The summed E-state index contributed by atoms with van der Waals surface area (Å²) in [4.78, 5) is 0. The monoisotopic (exact) mass is 175 g/mol. The van der Waals surface area contributed by atoms with Crippen molar-refractivity contribution in [2.24, 2.45) is 11.3 Å². The second-order valence-electron chi connectivity index (χ2n) is 4.78. The average Bonchev–Trinajstić information content (AvgIpc) is 2.02. The van der Waals surface area contributed by atoms with Crippen LogP contribution in [0.5, 0.6) is 0 Å². The molecule has 70 valence electrons. The van der Waals surface area contributed by atoms with Crippen LogP contribution in [-0.4, -0.2) is 0 Å². The summed E-state index contributed by atoms with van der Waals surface area (Å²) >= 11 is 0. The van der Waals surface area contributed by atoms with E-state index in [1.54, 1.807) is 0 Å². The van der Waals surface area contributed by atoms with Gasteiger partial charge in [0.15, 0.2) is 0 Å². The molecule has 1 aliphatic rings. The Bertz CT molecular complexity index is 294. The van der Waals surface area contributed by atoms with Gasteiger partial charge in [-0.3, -0.25) is 0 Å². The molecule has 0 aliphatic heterocycles. The van der Waals surface area contributed by atoms with Gasteiger partial charge < -0.3 is 0 Å². The van der Waals surface area contributed by atoms with Gasteiger partial charge >= 0.3 is 0 Å². The number of hydrogen-bond donors (Lipinski definition) is 0. The molecular weight excluding hydrogens is 158 g/mol. The Kier molecular flexibility index (Phi) is 2.61. The molecule has 0 aromatic carbocycles. The Balaban J connectivity index is 2.92. The lowest BCUT2D eigenvalue weighted by atomic mass is 9.77. The molecule has 0 heterocycles. The molecule has 0 saturated carbocycles. The van der Waals surface area contributed by atoms with Crippen molar-refractivity contribution in [3.8, 4) is 6.07 Å². The van der Waals surface area contributed by atoms with Crippen LogP contribution in [-0.2, 0) is 0 Å². The molecule has 0 aromatic rings. The van der Waals surface area contributed by atoms with Crippen LogP contribution in [0.1, 0.15) is 34.1 Å². The lowest BCUT2D eigenvalue weighted by Crippen LogP contribution is -2.15. The van der Waals surface area contributed by atoms with Gasteiger partial charge in [0.05, 0.1) is 6.07 Å². The van der Waals surface area contributed by atoms with E-state index in [1.165, 1.54) is 5.57 Å². The molecule has 1 aliphatic carbocycles. The predicted octanol–water partition coefficient (Wildman–Crippen LogP) is 3.45. The third-order valence-electron chi connectivity index (χ3n) is 2.61. The molecule has 1 nitrogen and oxygen atoms in total. The Morgan fingerprint density at radius 1 is 1.38 bits per heavy atom. The highest BCUT2D eigenvalue weighted by Crippen LogP contribution is 2.35. The van der Waals surface area contributed by atoms with Gasteiger partial charge in [0.1, 0.15) is 0 Å². The molecule has 1 rings (SSSR count). The van der Waals surface area contributed by atoms with E-state index in [-0.39, 0.29) is 5.41 Å². The first-order chi connectivity index (χ1) is 5.95. The summed E-state index contributed by atoms with van der Waals surface area (Å²) in [5, 5.41) is 8.80. The lowest BCUT2D eigenvalue weighted by molar-refractivity contribution is 0.457. The molecule has 0 fully saturated rings. The highest BCUT2D eigenvalue weighted by molar-refractivity contribution is 5.36. The van der Waals surface area contributed by atoms with Crippen molar-refractivity contribution in [3.05, 3.63) is 23.3 Å². The van der Waals surface area contributed by atoms with Crippen molar-refractivity contribution in [2.45, 2.75) is 34.1 Å². The molecule has 0 saturated heterocycles. The zero-order chi connectivity index (χ0) is 10.1. The third kappa shape index (κ3) is 2.21. The predicted molar refractivity (Wildman–Crippen MR) is 55.0 cm³/mol. The van der Waals surface area contributed by atoms with Crippen molar-refractivity contribution < 1.29 is 0 Å².